The summed E-state index contributed by atoms with van der Waals surface area (Å²) in [7, 11) is 0. The topological polar surface area (TPSA) is 81.0 Å². The molecule has 1 aromatic heterocycles. The molecule has 0 bridgehead atoms. The zero-order valence-electron chi connectivity index (χ0n) is 19.4. The zero-order chi connectivity index (χ0) is 24.9. The second-order valence-electron chi connectivity index (χ2n) is 8.09. The molecule has 0 N–H and O–H groups in total. The molecule has 3 heterocycles. The van der Waals surface area contributed by atoms with E-state index in [0.29, 0.717) is 38.8 Å². The maximum absolute atomic E-state index is 14.0. The van der Waals surface area contributed by atoms with E-state index in [1.807, 2.05) is 31.2 Å². The molecule has 2 aliphatic heterocycles. The Labute approximate surface area is 210 Å². The number of aromatic nitrogens is 1. The standard InChI is InChI=1S/C26H22ClN3O4S/c1-4-29-18-13-9-7-11-16(18)20(23(29)31)22-24(32)30-21(15-10-6-8-12-17(15)27)19(25(33)34-5-2)14(3)28-26(30)35-22/h6-13,21H,4-5H2,1-3H3/b22-20-/t21-/m0/s1. The number of thiazole rings is 1. The molecule has 3 aromatic rings. The van der Waals surface area contributed by atoms with Gasteiger partial charge in [0.15, 0.2) is 4.80 Å². The molecule has 0 saturated carbocycles. The molecule has 178 valence electrons. The van der Waals surface area contributed by atoms with E-state index in [2.05, 4.69) is 4.99 Å². The van der Waals surface area contributed by atoms with Crippen molar-refractivity contribution in [1.82, 2.24) is 4.57 Å². The Morgan fingerprint density at radius 2 is 1.83 bits per heavy atom. The average molecular weight is 508 g/mol. The van der Waals surface area contributed by atoms with Gasteiger partial charge in [0.05, 0.1) is 29.1 Å². The Morgan fingerprint density at radius 3 is 2.54 bits per heavy atom. The molecular formula is C26H22ClN3O4S. The number of carbonyl (C=O) groups excluding carboxylic acids is 2. The number of nitrogens with zero attached hydrogens (tertiary/aromatic N) is 3. The van der Waals surface area contributed by atoms with Gasteiger partial charge in [0.1, 0.15) is 10.6 Å². The molecule has 35 heavy (non-hydrogen) atoms. The molecule has 0 spiro atoms. The first-order valence-corrected chi connectivity index (χ1v) is 12.5. The van der Waals surface area contributed by atoms with Gasteiger partial charge in [-0.25, -0.2) is 9.79 Å². The largest absolute Gasteiger partial charge is 0.463 e. The number of likely N-dealkylation sites (N-methyl/N-ethyl adjacent to an activating group) is 1. The lowest BCUT2D eigenvalue weighted by atomic mass is 9.96. The van der Waals surface area contributed by atoms with Crippen LogP contribution in [-0.2, 0) is 14.3 Å². The molecule has 7 nitrogen and oxygen atoms in total. The predicted octanol–water partition coefficient (Wildman–Crippen LogP) is 3.19. The van der Waals surface area contributed by atoms with Crippen molar-refractivity contribution in [2.24, 2.45) is 4.99 Å². The van der Waals surface area contributed by atoms with Crippen LogP contribution in [0.25, 0.3) is 5.57 Å². The molecule has 0 radical (unpaired) electrons. The highest BCUT2D eigenvalue weighted by Gasteiger charge is 2.37. The van der Waals surface area contributed by atoms with Crippen LogP contribution in [0.15, 0.2) is 69.6 Å². The van der Waals surface area contributed by atoms with E-state index in [-0.39, 0.29) is 22.6 Å². The summed E-state index contributed by atoms with van der Waals surface area (Å²) in [6.07, 6.45) is 0. The Bertz CT molecular complexity index is 1600. The number of ether oxygens (including phenoxy) is 1. The van der Waals surface area contributed by atoms with Gasteiger partial charge in [0.25, 0.3) is 11.5 Å². The molecule has 5 rings (SSSR count). The van der Waals surface area contributed by atoms with Crippen molar-refractivity contribution in [3.63, 3.8) is 0 Å². The van der Waals surface area contributed by atoms with Gasteiger partial charge in [0, 0.05) is 17.1 Å². The molecule has 0 saturated heterocycles. The van der Waals surface area contributed by atoms with Crippen LogP contribution in [0, 0.1) is 0 Å². The van der Waals surface area contributed by atoms with Crippen molar-refractivity contribution in [2.75, 3.05) is 18.1 Å². The molecule has 2 aliphatic rings. The van der Waals surface area contributed by atoms with Crippen molar-refractivity contribution in [3.8, 4) is 0 Å². The third kappa shape index (κ3) is 3.56. The normalized spacial score (nSPS) is 18.3. The van der Waals surface area contributed by atoms with Crippen LogP contribution in [-0.4, -0.2) is 29.6 Å². The quantitative estimate of drug-likeness (QED) is 0.508. The highest BCUT2D eigenvalue weighted by molar-refractivity contribution is 7.07. The summed E-state index contributed by atoms with van der Waals surface area (Å²) in [5.41, 5.74) is 2.70. The van der Waals surface area contributed by atoms with Crippen LogP contribution in [0.1, 0.15) is 37.9 Å². The number of anilines is 1. The monoisotopic (exact) mass is 507 g/mol. The van der Waals surface area contributed by atoms with Crippen molar-refractivity contribution < 1.29 is 14.3 Å². The third-order valence-corrected chi connectivity index (χ3v) is 7.56. The lowest BCUT2D eigenvalue weighted by molar-refractivity contribution is -0.139. The van der Waals surface area contributed by atoms with Gasteiger partial charge in [-0.15, -0.1) is 0 Å². The zero-order valence-corrected chi connectivity index (χ0v) is 20.9. The number of hydrogen-bond donors (Lipinski definition) is 0. The summed E-state index contributed by atoms with van der Waals surface area (Å²) >= 11 is 7.69. The smallest absolute Gasteiger partial charge is 0.338 e. The van der Waals surface area contributed by atoms with Crippen LogP contribution in [0.3, 0.4) is 0 Å². The molecule has 0 aliphatic carbocycles. The first-order chi connectivity index (χ1) is 16.9. The first kappa shape index (κ1) is 23.3. The number of halogens is 1. The SMILES string of the molecule is CCOC(=O)C1=C(C)N=c2s/c(=C3\C(=O)N(CC)c4ccccc43)c(=O)n2[C@H]1c1ccccc1Cl. The number of fused-ring (bicyclic) bond motifs is 2. The number of amides is 1. The fraction of sp³-hybridized carbons (Fsp3) is 0.231. The minimum Gasteiger partial charge on any atom is -0.463 e. The van der Waals surface area contributed by atoms with Crippen LogP contribution in [0.4, 0.5) is 5.69 Å². The van der Waals surface area contributed by atoms with Crippen LogP contribution in [0.5, 0.6) is 0 Å². The maximum Gasteiger partial charge on any atom is 0.338 e. The molecule has 0 fully saturated rings. The van der Waals surface area contributed by atoms with E-state index in [9.17, 15) is 14.4 Å². The molecule has 9 heteroatoms. The summed E-state index contributed by atoms with van der Waals surface area (Å²) in [5.74, 6) is -0.786. The van der Waals surface area contributed by atoms with E-state index in [1.165, 1.54) is 4.57 Å². The second kappa shape index (κ2) is 8.94. The van der Waals surface area contributed by atoms with E-state index in [4.69, 9.17) is 16.3 Å². The lowest BCUT2D eigenvalue weighted by Crippen LogP contribution is -2.41. The average Bonchev–Trinajstić information content (AvgIpc) is 3.30. The Hall–Kier alpha value is -3.49. The summed E-state index contributed by atoms with van der Waals surface area (Å²) in [6.45, 7) is 5.98. The van der Waals surface area contributed by atoms with E-state index >= 15 is 0 Å². The molecule has 1 atom stereocenters. The van der Waals surface area contributed by atoms with Gasteiger partial charge in [-0.1, -0.05) is 59.3 Å². The predicted molar refractivity (Wildman–Crippen MR) is 135 cm³/mol. The van der Waals surface area contributed by atoms with Crippen LogP contribution < -0.4 is 19.8 Å². The number of carbonyl (C=O) groups is 2. The summed E-state index contributed by atoms with van der Waals surface area (Å²) in [4.78, 5) is 47.0. The Kier molecular flexibility index (Phi) is 5.94. The van der Waals surface area contributed by atoms with Gasteiger partial charge in [0.2, 0.25) is 0 Å². The highest BCUT2D eigenvalue weighted by Crippen LogP contribution is 2.36. The summed E-state index contributed by atoms with van der Waals surface area (Å²) < 4.78 is 7.06. The fourth-order valence-corrected chi connectivity index (χ4v) is 6.02. The fourth-order valence-electron chi connectivity index (χ4n) is 4.65. The second-order valence-corrected chi connectivity index (χ2v) is 9.47. The Morgan fingerprint density at radius 1 is 1.11 bits per heavy atom. The first-order valence-electron chi connectivity index (χ1n) is 11.3. The number of rotatable bonds is 4. The van der Waals surface area contributed by atoms with Crippen molar-refractivity contribution >= 4 is 46.1 Å². The number of benzene rings is 2. The summed E-state index contributed by atoms with van der Waals surface area (Å²) in [5, 5.41) is 0.409. The molecule has 1 amide bonds. The van der Waals surface area contributed by atoms with Crippen LogP contribution >= 0.6 is 22.9 Å². The van der Waals surface area contributed by atoms with Gasteiger partial charge in [-0.2, -0.15) is 0 Å². The van der Waals surface area contributed by atoms with E-state index in [1.54, 1.807) is 43.0 Å². The number of allylic oxidation sites excluding steroid dienone is 1. The Balaban J connectivity index is 1.85. The van der Waals surface area contributed by atoms with Crippen molar-refractivity contribution in [1.29, 1.82) is 0 Å². The number of hydrogen-bond acceptors (Lipinski definition) is 6. The van der Waals surface area contributed by atoms with Gasteiger partial charge in [-0.05, 0) is 38.5 Å². The number of para-hydroxylation sites is 1. The van der Waals surface area contributed by atoms with Crippen LogP contribution in [0.2, 0.25) is 5.02 Å². The van der Waals surface area contributed by atoms with Gasteiger partial charge < -0.3 is 9.64 Å². The van der Waals surface area contributed by atoms with Gasteiger partial charge >= 0.3 is 5.97 Å². The minimum absolute atomic E-state index is 0.178. The highest BCUT2D eigenvalue weighted by atomic mass is 35.5. The van der Waals surface area contributed by atoms with Crippen molar-refractivity contribution in [3.05, 3.63) is 95.6 Å². The lowest BCUT2D eigenvalue weighted by Gasteiger charge is -2.25. The summed E-state index contributed by atoms with van der Waals surface area (Å²) in [6, 6.07) is 13.7. The molecular weight excluding hydrogens is 486 g/mol. The van der Waals surface area contributed by atoms with E-state index in [0.717, 1.165) is 17.0 Å². The number of esters is 1. The maximum atomic E-state index is 14.0. The molecule has 0 unspecified atom stereocenters. The minimum atomic E-state index is -0.831. The third-order valence-electron chi connectivity index (χ3n) is 6.16. The van der Waals surface area contributed by atoms with Crippen molar-refractivity contribution in [2.45, 2.75) is 26.8 Å². The van der Waals surface area contributed by atoms with E-state index < -0.39 is 17.6 Å². The molecule has 2 aromatic carbocycles. The van der Waals surface area contributed by atoms with Gasteiger partial charge in [-0.3, -0.25) is 14.2 Å².